The van der Waals surface area contributed by atoms with Gasteiger partial charge < -0.3 is 9.64 Å². The van der Waals surface area contributed by atoms with Gasteiger partial charge in [-0.3, -0.25) is 14.6 Å². The number of ether oxygens (including phenoxy) is 1. The molecule has 0 amide bonds. The molecule has 1 N–H and O–H groups in total. The molecule has 150 valence electrons. The van der Waals surface area contributed by atoms with Crippen molar-refractivity contribution in [1.29, 1.82) is 0 Å². The number of rotatable bonds is 8. The number of nitrogens with one attached hydrogen (secondary N) is 1. The van der Waals surface area contributed by atoms with E-state index in [-0.39, 0.29) is 35.7 Å². The lowest BCUT2D eigenvalue weighted by molar-refractivity contribution is -0.0522. The zero-order valence-corrected chi connectivity index (χ0v) is 15.4. The van der Waals surface area contributed by atoms with Gasteiger partial charge in [0.25, 0.3) is 5.56 Å². The van der Waals surface area contributed by atoms with Gasteiger partial charge in [-0.25, -0.2) is 9.37 Å². The number of Topliss-reactive ketones (excluding diaryl/α,β-unsaturated/α-hetero) is 1. The average Bonchev–Trinajstić information content (AvgIpc) is 3.45. The Labute approximate surface area is 159 Å². The van der Waals surface area contributed by atoms with Gasteiger partial charge >= 0.3 is 6.61 Å². The van der Waals surface area contributed by atoms with E-state index < -0.39 is 23.7 Å². The summed E-state index contributed by atoms with van der Waals surface area (Å²) in [6.45, 7) is -3.12. The second-order valence-corrected chi connectivity index (χ2v) is 6.99. The van der Waals surface area contributed by atoms with Crippen LogP contribution in [0.25, 0.3) is 0 Å². The molecule has 1 aliphatic carbocycles. The lowest BCUT2D eigenvalue weighted by Gasteiger charge is -2.17. The smallest absolute Gasteiger partial charge is 0.387 e. The molecule has 2 aromatic rings. The summed E-state index contributed by atoms with van der Waals surface area (Å²) in [6.07, 6.45) is 1.82. The lowest BCUT2D eigenvalue weighted by atomic mass is 9.88. The van der Waals surface area contributed by atoms with Crippen LogP contribution in [0.2, 0.25) is 0 Å². The Morgan fingerprint density at radius 3 is 2.61 bits per heavy atom. The standard InChI is InChI=1S/C19H20F3N3O3/c1-25(2)19-23-14(9-17(27)24-19)15(26)8-12(10-3-4-10)11-5-6-16(13(20)7-11)28-18(21)22/h5-7,9-10,12,18H,3-4,8H2,1-2H3,(H,23,24,27)/t12-/m1/s1. The summed E-state index contributed by atoms with van der Waals surface area (Å²) in [5, 5.41) is 0. The summed E-state index contributed by atoms with van der Waals surface area (Å²) in [5.74, 6) is -1.60. The second-order valence-electron chi connectivity index (χ2n) is 6.99. The van der Waals surface area contributed by atoms with E-state index in [1.165, 1.54) is 6.07 Å². The van der Waals surface area contributed by atoms with Crippen molar-refractivity contribution in [2.45, 2.75) is 31.8 Å². The Morgan fingerprint density at radius 1 is 1.32 bits per heavy atom. The van der Waals surface area contributed by atoms with Crippen molar-refractivity contribution in [1.82, 2.24) is 9.97 Å². The molecule has 0 unspecified atom stereocenters. The Kier molecular flexibility index (Phi) is 5.71. The third-order valence-corrected chi connectivity index (χ3v) is 4.63. The van der Waals surface area contributed by atoms with Crippen molar-refractivity contribution in [2.24, 2.45) is 5.92 Å². The predicted octanol–water partition coefficient (Wildman–Crippen LogP) is 3.34. The minimum absolute atomic E-state index is 0.0382. The molecule has 1 heterocycles. The van der Waals surface area contributed by atoms with Gasteiger partial charge in [-0.05, 0) is 42.4 Å². The van der Waals surface area contributed by atoms with Crippen molar-refractivity contribution in [3.05, 3.63) is 51.7 Å². The average molecular weight is 395 g/mol. The first-order chi connectivity index (χ1) is 13.2. The molecule has 1 aromatic carbocycles. The number of hydrogen-bond acceptors (Lipinski definition) is 5. The molecule has 9 heteroatoms. The van der Waals surface area contributed by atoms with Crippen LogP contribution in [-0.4, -0.2) is 36.5 Å². The summed E-state index contributed by atoms with van der Waals surface area (Å²) in [7, 11) is 3.37. The first-order valence-electron chi connectivity index (χ1n) is 8.80. The number of anilines is 1. The number of alkyl halides is 2. The summed E-state index contributed by atoms with van der Waals surface area (Å²) in [5.41, 5.74) is 0.133. The normalized spacial score (nSPS) is 14.8. The summed E-state index contributed by atoms with van der Waals surface area (Å²) < 4.78 is 42.8. The highest BCUT2D eigenvalue weighted by Crippen LogP contribution is 2.45. The molecule has 0 spiro atoms. The SMILES string of the molecule is CN(C)c1nc(C(=O)C[C@@H](c2ccc(OC(F)F)c(F)c2)C2CC2)cc(=O)[nH]1. The predicted molar refractivity (Wildman–Crippen MR) is 96.6 cm³/mol. The molecule has 0 bridgehead atoms. The van der Waals surface area contributed by atoms with Crippen LogP contribution in [0, 0.1) is 11.7 Å². The van der Waals surface area contributed by atoms with E-state index in [0.717, 1.165) is 31.0 Å². The quantitative estimate of drug-likeness (QED) is 0.694. The highest BCUT2D eigenvalue weighted by atomic mass is 19.3. The molecule has 6 nitrogen and oxygen atoms in total. The van der Waals surface area contributed by atoms with Crippen LogP contribution in [0.15, 0.2) is 29.1 Å². The van der Waals surface area contributed by atoms with E-state index in [1.54, 1.807) is 19.0 Å². The van der Waals surface area contributed by atoms with E-state index in [0.29, 0.717) is 5.56 Å². The van der Waals surface area contributed by atoms with Crippen molar-refractivity contribution in [3.63, 3.8) is 0 Å². The number of hydrogen-bond donors (Lipinski definition) is 1. The van der Waals surface area contributed by atoms with E-state index in [4.69, 9.17) is 0 Å². The Morgan fingerprint density at radius 2 is 2.04 bits per heavy atom. The molecule has 1 fully saturated rings. The van der Waals surface area contributed by atoms with Crippen LogP contribution in [0.5, 0.6) is 5.75 Å². The van der Waals surface area contributed by atoms with Gasteiger partial charge in [0.2, 0.25) is 5.95 Å². The summed E-state index contributed by atoms with van der Waals surface area (Å²) >= 11 is 0. The van der Waals surface area contributed by atoms with E-state index in [9.17, 15) is 22.8 Å². The van der Waals surface area contributed by atoms with Gasteiger partial charge in [-0.2, -0.15) is 8.78 Å². The van der Waals surface area contributed by atoms with Crippen molar-refractivity contribution < 1.29 is 22.7 Å². The highest BCUT2D eigenvalue weighted by Gasteiger charge is 2.34. The molecule has 0 saturated heterocycles. The molecule has 28 heavy (non-hydrogen) atoms. The molecular weight excluding hydrogens is 375 g/mol. The van der Waals surface area contributed by atoms with Crippen molar-refractivity contribution in [3.8, 4) is 5.75 Å². The number of aromatic amines is 1. The van der Waals surface area contributed by atoms with E-state index >= 15 is 0 Å². The van der Waals surface area contributed by atoms with Gasteiger partial charge in [0.05, 0.1) is 0 Å². The fourth-order valence-corrected chi connectivity index (χ4v) is 3.10. The molecule has 1 saturated carbocycles. The maximum absolute atomic E-state index is 14.1. The number of halogens is 3. The number of carbonyl (C=O) groups excluding carboxylic acids is 1. The van der Waals surface area contributed by atoms with Crippen LogP contribution >= 0.6 is 0 Å². The number of H-pyrrole nitrogens is 1. The Bertz CT molecular complexity index is 926. The molecular formula is C19H20F3N3O3. The molecule has 0 radical (unpaired) electrons. The van der Waals surface area contributed by atoms with Crippen molar-refractivity contribution >= 4 is 11.7 Å². The minimum atomic E-state index is -3.12. The first kappa shape index (κ1) is 19.9. The molecule has 1 aromatic heterocycles. The number of ketones is 1. The third kappa shape index (κ3) is 4.71. The van der Waals surface area contributed by atoms with Crippen LogP contribution in [0.1, 0.15) is 41.2 Å². The number of benzene rings is 1. The number of aromatic nitrogens is 2. The third-order valence-electron chi connectivity index (χ3n) is 4.63. The molecule has 1 atom stereocenters. The maximum atomic E-state index is 14.1. The van der Waals surface area contributed by atoms with Crippen LogP contribution in [0.3, 0.4) is 0 Å². The molecule has 1 aliphatic rings. The lowest BCUT2D eigenvalue weighted by Crippen LogP contribution is -2.21. The van der Waals surface area contributed by atoms with Gasteiger partial charge in [-0.1, -0.05) is 6.07 Å². The Hall–Kier alpha value is -2.84. The second kappa shape index (κ2) is 8.04. The monoisotopic (exact) mass is 395 g/mol. The maximum Gasteiger partial charge on any atom is 0.387 e. The fourth-order valence-electron chi connectivity index (χ4n) is 3.10. The largest absolute Gasteiger partial charge is 0.432 e. The van der Waals surface area contributed by atoms with Gasteiger partial charge in [0.1, 0.15) is 5.69 Å². The summed E-state index contributed by atoms with van der Waals surface area (Å²) in [6, 6.07) is 4.91. The van der Waals surface area contributed by atoms with Crippen LogP contribution in [-0.2, 0) is 0 Å². The Balaban J connectivity index is 1.83. The van der Waals surface area contributed by atoms with Crippen LogP contribution < -0.4 is 15.2 Å². The zero-order chi connectivity index (χ0) is 20.4. The van der Waals surface area contributed by atoms with Gasteiger partial charge in [-0.15, -0.1) is 0 Å². The number of carbonyl (C=O) groups is 1. The van der Waals surface area contributed by atoms with E-state index in [2.05, 4.69) is 14.7 Å². The minimum Gasteiger partial charge on any atom is -0.432 e. The van der Waals surface area contributed by atoms with Crippen LogP contribution in [0.4, 0.5) is 19.1 Å². The van der Waals surface area contributed by atoms with Crippen molar-refractivity contribution in [2.75, 3.05) is 19.0 Å². The molecule has 3 rings (SSSR count). The topological polar surface area (TPSA) is 75.3 Å². The highest BCUT2D eigenvalue weighted by molar-refractivity contribution is 5.95. The van der Waals surface area contributed by atoms with Gasteiger partial charge in [0, 0.05) is 26.6 Å². The first-order valence-corrected chi connectivity index (χ1v) is 8.80. The zero-order valence-electron chi connectivity index (χ0n) is 15.4. The molecule has 0 aliphatic heterocycles. The van der Waals surface area contributed by atoms with E-state index in [1.807, 2.05) is 0 Å². The summed E-state index contributed by atoms with van der Waals surface area (Å²) in [4.78, 5) is 32.8. The number of nitrogens with zero attached hydrogens (tertiary/aromatic N) is 2. The van der Waals surface area contributed by atoms with Gasteiger partial charge in [0.15, 0.2) is 17.3 Å². The fraction of sp³-hybridized carbons (Fsp3) is 0.421.